The third-order valence-corrected chi connectivity index (χ3v) is 5.32. The average molecular weight is 364 g/mol. The molecule has 0 amide bonds. The van der Waals surface area contributed by atoms with Crippen molar-refractivity contribution in [1.29, 1.82) is 0 Å². The van der Waals surface area contributed by atoms with Crippen LogP contribution in [0.4, 0.5) is 13.2 Å². The van der Waals surface area contributed by atoms with E-state index >= 15 is 0 Å². The van der Waals surface area contributed by atoms with Gasteiger partial charge >= 0.3 is 0 Å². The maximum absolute atomic E-state index is 14.7. The van der Waals surface area contributed by atoms with Crippen molar-refractivity contribution in [2.45, 2.75) is 25.7 Å². The topological polar surface area (TPSA) is 0 Å². The number of benzene rings is 3. The normalized spacial score (nSPS) is 14.3. The van der Waals surface area contributed by atoms with Gasteiger partial charge in [-0.1, -0.05) is 60.7 Å². The molecule has 27 heavy (non-hydrogen) atoms. The van der Waals surface area contributed by atoms with Gasteiger partial charge in [0.25, 0.3) is 0 Å². The Kier molecular flexibility index (Phi) is 4.39. The molecule has 0 N–H and O–H groups in total. The van der Waals surface area contributed by atoms with Crippen LogP contribution in [-0.4, -0.2) is 0 Å². The van der Waals surface area contributed by atoms with Crippen LogP contribution >= 0.6 is 0 Å². The summed E-state index contributed by atoms with van der Waals surface area (Å²) >= 11 is 0. The quantitative estimate of drug-likeness (QED) is 0.432. The summed E-state index contributed by atoms with van der Waals surface area (Å²) in [5, 5.41) is 0. The summed E-state index contributed by atoms with van der Waals surface area (Å²) in [6.07, 6.45) is 2.03. The van der Waals surface area contributed by atoms with E-state index in [-0.39, 0.29) is 11.1 Å². The van der Waals surface area contributed by atoms with Crippen molar-refractivity contribution in [3.05, 3.63) is 95.3 Å². The molecular weight excluding hydrogens is 345 g/mol. The molecule has 0 aliphatic heterocycles. The van der Waals surface area contributed by atoms with E-state index < -0.39 is 17.5 Å². The molecule has 0 unspecified atom stereocenters. The first-order valence-electron chi connectivity index (χ1n) is 8.95. The van der Waals surface area contributed by atoms with Crippen molar-refractivity contribution in [3.63, 3.8) is 0 Å². The number of rotatable bonds is 3. The summed E-state index contributed by atoms with van der Waals surface area (Å²) in [6, 6.07) is 15.3. The lowest BCUT2D eigenvalue weighted by Crippen LogP contribution is -2.11. The summed E-state index contributed by atoms with van der Waals surface area (Å²) in [5.41, 5.74) is 4.31. The van der Waals surface area contributed by atoms with Crippen LogP contribution in [0, 0.1) is 24.4 Å². The molecule has 0 bridgehead atoms. The molecule has 4 rings (SSSR count). The van der Waals surface area contributed by atoms with Gasteiger partial charge in [-0.05, 0) is 54.0 Å². The smallest absolute Gasteiger partial charge is 0.166 e. The van der Waals surface area contributed by atoms with Gasteiger partial charge in [-0.25, -0.2) is 13.2 Å². The van der Waals surface area contributed by atoms with E-state index in [1.54, 1.807) is 12.1 Å². The molecular formula is C24H19F3. The summed E-state index contributed by atoms with van der Waals surface area (Å²) in [7, 11) is 0. The molecule has 0 aromatic heterocycles. The van der Waals surface area contributed by atoms with E-state index in [1.165, 1.54) is 36.3 Å². The van der Waals surface area contributed by atoms with Gasteiger partial charge in [0.05, 0.1) is 0 Å². The van der Waals surface area contributed by atoms with Crippen molar-refractivity contribution in [2.24, 2.45) is 0 Å². The lowest BCUT2D eigenvalue weighted by molar-refractivity contribution is 0.505. The Morgan fingerprint density at radius 2 is 1.41 bits per heavy atom. The molecule has 3 heteroatoms. The van der Waals surface area contributed by atoms with Crippen LogP contribution in [0.5, 0.6) is 0 Å². The maximum Gasteiger partial charge on any atom is 0.166 e. The standard InChI is InChI=1S/C24H19F3/c1-14-11-19(12-14)16-4-6-17(7-5-16)20-10-8-18(13-22(20)25)21-9-3-15(2)23(26)24(21)27/h3-10,13,19H,1,11-12H2,2H3. The van der Waals surface area contributed by atoms with Gasteiger partial charge in [0, 0.05) is 11.1 Å². The van der Waals surface area contributed by atoms with Crippen LogP contribution in [-0.2, 0) is 0 Å². The fourth-order valence-electron chi connectivity index (χ4n) is 3.59. The van der Waals surface area contributed by atoms with Crippen molar-refractivity contribution >= 4 is 0 Å². The monoisotopic (exact) mass is 364 g/mol. The van der Waals surface area contributed by atoms with Crippen LogP contribution in [0.25, 0.3) is 22.3 Å². The van der Waals surface area contributed by atoms with E-state index in [9.17, 15) is 13.2 Å². The maximum atomic E-state index is 14.7. The fraction of sp³-hybridized carbons (Fsp3) is 0.167. The minimum atomic E-state index is -0.950. The van der Waals surface area contributed by atoms with Crippen LogP contribution in [0.2, 0.25) is 0 Å². The predicted octanol–water partition coefficient (Wildman–Crippen LogP) is 7.18. The van der Waals surface area contributed by atoms with Crippen molar-refractivity contribution in [3.8, 4) is 22.3 Å². The molecule has 3 aromatic rings. The van der Waals surface area contributed by atoms with Crippen molar-refractivity contribution < 1.29 is 13.2 Å². The molecule has 1 fully saturated rings. The van der Waals surface area contributed by atoms with Crippen molar-refractivity contribution in [2.75, 3.05) is 0 Å². The lowest BCUT2D eigenvalue weighted by Gasteiger charge is -2.28. The Hall–Kier alpha value is -2.81. The molecule has 1 aliphatic carbocycles. The molecule has 136 valence electrons. The van der Waals surface area contributed by atoms with Gasteiger partial charge in [-0.15, -0.1) is 0 Å². The SMILES string of the molecule is C=C1CC(c2ccc(-c3ccc(-c4ccc(C)c(F)c4F)cc3F)cc2)C1. The first-order valence-corrected chi connectivity index (χ1v) is 8.95. The third kappa shape index (κ3) is 3.18. The fourth-order valence-corrected chi connectivity index (χ4v) is 3.59. The van der Waals surface area contributed by atoms with Crippen molar-refractivity contribution in [1.82, 2.24) is 0 Å². The van der Waals surface area contributed by atoms with Crippen LogP contribution < -0.4 is 0 Å². The minimum absolute atomic E-state index is 0.0594. The molecule has 0 saturated heterocycles. The first kappa shape index (κ1) is 17.6. The van der Waals surface area contributed by atoms with Crippen LogP contribution in [0.3, 0.4) is 0 Å². The summed E-state index contributed by atoms with van der Waals surface area (Å²) in [5.74, 6) is -1.80. The zero-order valence-electron chi connectivity index (χ0n) is 15.0. The van der Waals surface area contributed by atoms with E-state index in [2.05, 4.69) is 6.58 Å². The second-order valence-electron chi connectivity index (χ2n) is 7.23. The Balaban J connectivity index is 1.64. The Labute approximate surface area is 157 Å². The average Bonchev–Trinajstić information content (AvgIpc) is 2.64. The van der Waals surface area contributed by atoms with E-state index in [0.29, 0.717) is 17.0 Å². The van der Waals surface area contributed by atoms with E-state index in [4.69, 9.17) is 0 Å². The highest BCUT2D eigenvalue weighted by Gasteiger charge is 2.23. The van der Waals surface area contributed by atoms with E-state index in [0.717, 1.165) is 18.4 Å². The second-order valence-corrected chi connectivity index (χ2v) is 7.23. The number of hydrogen-bond acceptors (Lipinski definition) is 0. The molecule has 0 spiro atoms. The number of halogens is 3. The highest BCUT2D eigenvalue weighted by molar-refractivity contribution is 5.71. The highest BCUT2D eigenvalue weighted by Crippen LogP contribution is 2.40. The highest BCUT2D eigenvalue weighted by atomic mass is 19.2. The third-order valence-electron chi connectivity index (χ3n) is 5.32. The van der Waals surface area contributed by atoms with Gasteiger partial charge in [0.2, 0.25) is 0 Å². The molecule has 1 saturated carbocycles. The van der Waals surface area contributed by atoms with Gasteiger partial charge in [-0.2, -0.15) is 0 Å². The zero-order chi connectivity index (χ0) is 19.1. The Morgan fingerprint density at radius 3 is 2.04 bits per heavy atom. The minimum Gasteiger partial charge on any atom is -0.206 e. The molecule has 1 aliphatic rings. The summed E-state index contributed by atoms with van der Waals surface area (Å²) in [4.78, 5) is 0. The number of allylic oxidation sites excluding steroid dienone is 1. The van der Waals surface area contributed by atoms with Crippen LogP contribution in [0.1, 0.15) is 29.9 Å². The number of hydrogen-bond donors (Lipinski definition) is 0. The van der Waals surface area contributed by atoms with Crippen LogP contribution in [0.15, 0.2) is 66.7 Å². The molecule has 3 aromatic carbocycles. The number of aryl methyl sites for hydroxylation is 1. The van der Waals surface area contributed by atoms with E-state index in [1.807, 2.05) is 24.3 Å². The van der Waals surface area contributed by atoms with Gasteiger partial charge in [0.1, 0.15) is 5.82 Å². The summed E-state index contributed by atoms with van der Waals surface area (Å²) < 4.78 is 42.7. The molecule has 0 nitrogen and oxygen atoms in total. The molecule has 0 atom stereocenters. The Bertz CT molecular complexity index is 1020. The lowest BCUT2D eigenvalue weighted by atomic mass is 9.76. The Morgan fingerprint density at radius 1 is 0.778 bits per heavy atom. The summed E-state index contributed by atoms with van der Waals surface area (Å²) in [6.45, 7) is 5.46. The second kappa shape index (κ2) is 6.73. The predicted molar refractivity (Wildman–Crippen MR) is 103 cm³/mol. The first-order chi connectivity index (χ1) is 12.9. The van der Waals surface area contributed by atoms with Gasteiger partial charge in [-0.3, -0.25) is 0 Å². The molecule has 0 heterocycles. The van der Waals surface area contributed by atoms with Gasteiger partial charge < -0.3 is 0 Å². The molecule has 0 radical (unpaired) electrons. The van der Waals surface area contributed by atoms with Gasteiger partial charge in [0.15, 0.2) is 11.6 Å². The zero-order valence-corrected chi connectivity index (χ0v) is 15.0. The largest absolute Gasteiger partial charge is 0.206 e.